The molecule has 2 aliphatic heterocycles. The monoisotopic (exact) mass is 495 g/mol. The number of hydrogen-bond acceptors (Lipinski definition) is 6. The van der Waals surface area contributed by atoms with Crippen LogP contribution in [0.4, 0.5) is 28.9 Å². The van der Waals surface area contributed by atoms with E-state index < -0.39 is 48.5 Å². The Morgan fingerprint density at radius 2 is 1.49 bits per heavy atom. The molecule has 190 valence electrons. The fourth-order valence-corrected chi connectivity index (χ4v) is 4.22. The molecule has 35 heavy (non-hydrogen) atoms. The lowest BCUT2D eigenvalue weighted by Crippen LogP contribution is -2.46. The highest BCUT2D eigenvalue weighted by Crippen LogP contribution is 2.36. The first-order chi connectivity index (χ1) is 16.3. The average molecular weight is 495 g/mol. The van der Waals surface area contributed by atoms with E-state index in [4.69, 9.17) is 9.31 Å². The van der Waals surface area contributed by atoms with Crippen molar-refractivity contribution in [1.29, 1.82) is 0 Å². The Kier molecular flexibility index (Phi) is 6.80. The molecular weight excluding hydrogens is 465 g/mol. The van der Waals surface area contributed by atoms with Crippen LogP contribution in [0.2, 0.25) is 0 Å². The molecule has 0 aliphatic carbocycles. The van der Waals surface area contributed by atoms with E-state index in [0.29, 0.717) is 31.9 Å². The summed E-state index contributed by atoms with van der Waals surface area (Å²) >= 11 is 0. The third-order valence-electron chi connectivity index (χ3n) is 7.02. The van der Waals surface area contributed by atoms with Gasteiger partial charge >= 0.3 is 13.3 Å². The molecule has 6 nitrogen and oxygen atoms in total. The first-order valence-corrected chi connectivity index (χ1v) is 11.6. The molecule has 1 unspecified atom stereocenters. The minimum absolute atomic E-state index is 0.407. The van der Waals surface area contributed by atoms with Crippen LogP contribution in [0.5, 0.6) is 0 Å². The Balaban J connectivity index is 1.36. The van der Waals surface area contributed by atoms with Gasteiger partial charge in [-0.1, -0.05) is 12.1 Å². The van der Waals surface area contributed by atoms with Crippen molar-refractivity contribution in [1.82, 2.24) is 4.98 Å². The number of anilines is 2. The third-order valence-corrected chi connectivity index (χ3v) is 7.02. The van der Waals surface area contributed by atoms with Crippen LogP contribution >= 0.6 is 0 Å². The van der Waals surface area contributed by atoms with Crippen molar-refractivity contribution in [2.75, 3.05) is 36.0 Å². The molecule has 2 saturated heterocycles. The summed E-state index contributed by atoms with van der Waals surface area (Å²) in [5.74, 6) is -0.944. The molecule has 4 rings (SSSR count). The number of hydrogen-bond donors (Lipinski definition) is 1. The molecule has 0 amide bonds. The highest BCUT2D eigenvalue weighted by molar-refractivity contribution is 6.62. The van der Waals surface area contributed by atoms with Crippen LogP contribution in [-0.2, 0) is 9.31 Å². The Morgan fingerprint density at radius 3 is 1.97 bits per heavy atom. The van der Waals surface area contributed by atoms with E-state index in [1.54, 1.807) is 0 Å². The first-order valence-electron chi connectivity index (χ1n) is 11.6. The maximum absolute atomic E-state index is 14.4. The van der Waals surface area contributed by atoms with Crippen LogP contribution in [0, 0.1) is 5.82 Å². The van der Waals surface area contributed by atoms with Gasteiger partial charge in [-0.25, -0.2) is 4.39 Å². The zero-order valence-corrected chi connectivity index (χ0v) is 20.3. The smallest absolute Gasteiger partial charge is 0.399 e. The summed E-state index contributed by atoms with van der Waals surface area (Å²) in [5.41, 5.74) is 1.05. The van der Waals surface area contributed by atoms with Gasteiger partial charge in [0.05, 0.1) is 29.5 Å². The molecule has 1 atom stereocenters. The van der Waals surface area contributed by atoms with E-state index in [2.05, 4.69) is 9.88 Å². The summed E-state index contributed by atoms with van der Waals surface area (Å²) in [5, 5.41) is 9.68. The summed E-state index contributed by atoms with van der Waals surface area (Å²) in [4.78, 5) is 7.90. The quantitative estimate of drug-likeness (QED) is 0.503. The molecule has 2 fully saturated rings. The molecule has 0 radical (unpaired) electrons. The maximum atomic E-state index is 14.4. The van der Waals surface area contributed by atoms with E-state index in [-0.39, 0.29) is 0 Å². The van der Waals surface area contributed by atoms with Crippen LogP contribution in [-0.4, -0.2) is 60.8 Å². The molecule has 0 bridgehead atoms. The summed E-state index contributed by atoms with van der Waals surface area (Å²) in [7, 11) is -0.425. The summed E-state index contributed by atoms with van der Waals surface area (Å²) in [6.07, 6.45) is -6.86. The van der Waals surface area contributed by atoms with Gasteiger partial charge < -0.3 is 24.2 Å². The molecule has 11 heteroatoms. The van der Waals surface area contributed by atoms with Gasteiger partial charge in [0.1, 0.15) is 17.6 Å². The average Bonchev–Trinajstić information content (AvgIpc) is 2.99. The number of pyridine rings is 1. The predicted octanol–water partition coefficient (Wildman–Crippen LogP) is 3.83. The van der Waals surface area contributed by atoms with Crippen molar-refractivity contribution in [3.05, 3.63) is 48.0 Å². The molecule has 1 aromatic heterocycles. The van der Waals surface area contributed by atoms with Crippen LogP contribution in [0.1, 0.15) is 45.9 Å². The third kappa shape index (κ3) is 5.57. The lowest BCUT2D eigenvalue weighted by molar-refractivity contribution is -0.154. The molecule has 2 aromatic rings. The number of aliphatic hydroxyl groups is 1. The van der Waals surface area contributed by atoms with E-state index in [1.807, 2.05) is 56.9 Å². The highest BCUT2D eigenvalue weighted by atomic mass is 19.4. The van der Waals surface area contributed by atoms with Gasteiger partial charge in [-0.15, -0.1) is 0 Å². The van der Waals surface area contributed by atoms with Gasteiger partial charge in [-0.2, -0.15) is 13.2 Å². The Morgan fingerprint density at radius 1 is 0.971 bits per heavy atom. The summed E-state index contributed by atoms with van der Waals surface area (Å²) in [6, 6.07) is 9.17. The van der Waals surface area contributed by atoms with Crippen molar-refractivity contribution >= 4 is 24.0 Å². The molecular formula is C24H30BF4N3O3. The molecule has 0 saturated carbocycles. The fraction of sp³-hybridized carbons (Fsp3) is 0.542. The number of benzene rings is 1. The number of aliphatic hydroxyl groups excluding tert-OH is 1. The standard InChI is InChI=1S/C24H30BF4N3O3/c1-22(2)23(3,4)35-25(34-22)16-5-7-17(8-6-16)31-9-11-32(12-10-31)18-13-19(26)21(30-15-18)20(33)14-24(27,28)29/h5-8,13,15,20,33H,9-12,14H2,1-4H3. The van der Waals surface area contributed by atoms with Crippen molar-refractivity contribution in [3.8, 4) is 0 Å². The summed E-state index contributed by atoms with van der Waals surface area (Å²) in [6.45, 7) is 10.6. The molecule has 0 spiro atoms. The van der Waals surface area contributed by atoms with Gasteiger partial charge in [-0.05, 0) is 45.3 Å². The van der Waals surface area contributed by atoms with Crippen LogP contribution < -0.4 is 15.3 Å². The number of nitrogens with zero attached hydrogens (tertiary/aromatic N) is 3. The van der Waals surface area contributed by atoms with E-state index in [9.17, 15) is 22.7 Å². The number of halogens is 4. The zero-order chi connectivity index (χ0) is 25.6. The summed E-state index contributed by atoms with van der Waals surface area (Å²) < 4.78 is 64.1. The normalized spacial score (nSPS) is 20.9. The highest BCUT2D eigenvalue weighted by Gasteiger charge is 2.51. The number of rotatable bonds is 5. The van der Waals surface area contributed by atoms with Crippen molar-refractivity contribution < 1.29 is 32.0 Å². The first kappa shape index (κ1) is 25.7. The van der Waals surface area contributed by atoms with E-state index >= 15 is 0 Å². The van der Waals surface area contributed by atoms with Crippen LogP contribution in [0.25, 0.3) is 0 Å². The second-order valence-corrected chi connectivity index (χ2v) is 10.0. The second kappa shape index (κ2) is 9.26. The number of alkyl halides is 3. The zero-order valence-electron chi connectivity index (χ0n) is 20.3. The van der Waals surface area contributed by atoms with Gasteiger partial charge in [0.25, 0.3) is 0 Å². The largest absolute Gasteiger partial charge is 0.494 e. The predicted molar refractivity (Wildman–Crippen MR) is 126 cm³/mol. The van der Waals surface area contributed by atoms with Crippen molar-refractivity contribution in [2.45, 2.75) is 57.6 Å². The van der Waals surface area contributed by atoms with Gasteiger partial charge in [0.2, 0.25) is 0 Å². The van der Waals surface area contributed by atoms with E-state index in [1.165, 1.54) is 6.20 Å². The Labute approximate surface area is 203 Å². The second-order valence-electron chi connectivity index (χ2n) is 10.0. The van der Waals surface area contributed by atoms with Gasteiger partial charge in [0, 0.05) is 37.9 Å². The number of aromatic nitrogens is 1. The maximum Gasteiger partial charge on any atom is 0.494 e. The Bertz CT molecular complexity index is 1030. The molecule has 1 N–H and O–H groups in total. The van der Waals surface area contributed by atoms with Crippen LogP contribution in [0.15, 0.2) is 36.5 Å². The Hall–Kier alpha value is -2.37. The van der Waals surface area contributed by atoms with E-state index in [0.717, 1.165) is 17.2 Å². The number of piperazine rings is 1. The minimum atomic E-state index is -4.61. The fourth-order valence-electron chi connectivity index (χ4n) is 4.22. The van der Waals surface area contributed by atoms with Gasteiger partial charge in [0.15, 0.2) is 0 Å². The van der Waals surface area contributed by atoms with Crippen molar-refractivity contribution in [3.63, 3.8) is 0 Å². The van der Waals surface area contributed by atoms with Gasteiger partial charge in [-0.3, -0.25) is 4.98 Å². The minimum Gasteiger partial charge on any atom is -0.399 e. The lowest BCUT2D eigenvalue weighted by Gasteiger charge is -2.37. The molecule has 1 aromatic carbocycles. The molecule has 3 heterocycles. The van der Waals surface area contributed by atoms with Crippen molar-refractivity contribution in [2.24, 2.45) is 0 Å². The lowest BCUT2D eigenvalue weighted by atomic mass is 9.79. The molecule has 2 aliphatic rings. The van der Waals surface area contributed by atoms with Crippen LogP contribution in [0.3, 0.4) is 0 Å². The topological polar surface area (TPSA) is 58.1 Å². The SMILES string of the molecule is CC1(C)OB(c2ccc(N3CCN(c4cnc(C(O)CC(F)(F)F)c(F)c4)CC3)cc2)OC1(C)C.